The number of aliphatic hydroxyl groups is 1. The van der Waals surface area contributed by atoms with E-state index in [-0.39, 0.29) is 11.9 Å². The molecule has 1 aliphatic heterocycles. The van der Waals surface area contributed by atoms with Crippen LogP contribution >= 0.6 is 0 Å². The minimum atomic E-state index is -0.246. The lowest BCUT2D eigenvalue weighted by Crippen LogP contribution is -2.39. The van der Waals surface area contributed by atoms with Crippen molar-refractivity contribution in [3.05, 3.63) is 30.1 Å². The maximum absolute atomic E-state index is 12.7. The largest absolute Gasteiger partial charge is 0.494 e. The van der Waals surface area contributed by atoms with E-state index in [2.05, 4.69) is 4.90 Å². The average Bonchev–Trinajstić information content (AvgIpc) is 2.37. The summed E-state index contributed by atoms with van der Waals surface area (Å²) in [5.41, 5.74) is 0. The third-order valence-electron chi connectivity index (χ3n) is 3.18. The second-order valence-electron chi connectivity index (χ2n) is 4.75. The van der Waals surface area contributed by atoms with Crippen molar-refractivity contribution in [3.8, 4) is 5.75 Å². The number of hydrogen-bond acceptors (Lipinski definition) is 3. The van der Waals surface area contributed by atoms with Gasteiger partial charge in [0.15, 0.2) is 0 Å². The van der Waals surface area contributed by atoms with Crippen LogP contribution in [0.1, 0.15) is 19.3 Å². The maximum atomic E-state index is 12.7. The molecule has 0 amide bonds. The lowest BCUT2D eigenvalue weighted by molar-refractivity contribution is 0.0679. The lowest BCUT2D eigenvalue weighted by Gasteiger charge is -2.29. The third kappa shape index (κ3) is 4.27. The Balaban J connectivity index is 1.62. The molecule has 0 bridgehead atoms. The summed E-state index contributed by atoms with van der Waals surface area (Å²) in [4.78, 5) is 2.27. The number of likely N-dealkylation sites (tertiary alicyclic amines) is 1. The van der Waals surface area contributed by atoms with Gasteiger partial charge < -0.3 is 14.7 Å². The fourth-order valence-corrected chi connectivity index (χ4v) is 2.24. The van der Waals surface area contributed by atoms with Crippen molar-refractivity contribution in [1.29, 1.82) is 0 Å². The summed E-state index contributed by atoms with van der Waals surface area (Å²) in [5.74, 6) is 0.458. The number of piperidine rings is 1. The first kappa shape index (κ1) is 13.3. The van der Waals surface area contributed by atoms with Gasteiger partial charge in [-0.3, -0.25) is 0 Å². The summed E-state index contributed by atoms with van der Waals surface area (Å²) in [5, 5.41) is 9.53. The van der Waals surface area contributed by atoms with Crippen molar-refractivity contribution < 1.29 is 14.2 Å². The Morgan fingerprint density at radius 3 is 2.83 bits per heavy atom. The molecule has 4 heteroatoms. The van der Waals surface area contributed by atoms with E-state index < -0.39 is 0 Å². The van der Waals surface area contributed by atoms with Crippen LogP contribution in [0, 0.1) is 5.82 Å². The van der Waals surface area contributed by atoms with Gasteiger partial charge in [-0.15, -0.1) is 0 Å². The van der Waals surface area contributed by atoms with Gasteiger partial charge in [-0.2, -0.15) is 0 Å². The second kappa shape index (κ2) is 6.71. The molecular formula is C14H20FNO2. The van der Waals surface area contributed by atoms with Crippen LogP contribution in [0.5, 0.6) is 5.75 Å². The molecule has 1 saturated heterocycles. The standard InChI is InChI=1S/C14H20FNO2/c15-12-4-6-14(7-5-12)18-10-2-9-16-8-1-3-13(17)11-16/h4-7,13,17H,1-3,8-11H2. The quantitative estimate of drug-likeness (QED) is 0.815. The Hall–Kier alpha value is -1.13. The molecule has 1 fully saturated rings. The molecule has 1 unspecified atom stereocenters. The summed E-state index contributed by atoms with van der Waals surface area (Å²) >= 11 is 0. The van der Waals surface area contributed by atoms with E-state index >= 15 is 0 Å². The van der Waals surface area contributed by atoms with Crippen LogP contribution in [0.2, 0.25) is 0 Å². The molecule has 100 valence electrons. The van der Waals surface area contributed by atoms with Crippen LogP contribution in [-0.4, -0.2) is 42.4 Å². The number of benzene rings is 1. The fraction of sp³-hybridized carbons (Fsp3) is 0.571. The summed E-state index contributed by atoms with van der Waals surface area (Å²) < 4.78 is 18.2. The van der Waals surface area contributed by atoms with Gasteiger partial charge in [-0.05, 0) is 50.1 Å². The van der Waals surface area contributed by atoms with Crippen molar-refractivity contribution in [2.75, 3.05) is 26.2 Å². The van der Waals surface area contributed by atoms with Crippen LogP contribution in [-0.2, 0) is 0 Å². The normalized spacial score (nSPS) is 20.9. The monoisotopic (exact) mass is 253 g/mol. The van der Waals surface area contributed by atoms with Gasteiger partial charge in [0, 0.05) is 13.1 Å². The Bertz CT molecular complexity index is 355. The molecule has 18 heavy (non-hydrogen) atoms. The number of aliphatic hydroxyl groups excluding tert-OH is 1. The van der Waals surface area contributed by atoms with E-state index in [0.717, 1.165) is 38.9 Å². The van der Waals surface area contributed by atoms with E-state index in [1.54, 1.807) is 12.1 Å². The van der Waals surface area contributed by atoms with Gasteiger partial charge in [0.25, 0.3) is 0 Å². The number of halogens is 1. The van der Waals surface area contributed by atoms with E-state index in [1.165, 1.54) is 12.1 Å². The molecule has 2 rings (SSSR count). The van der Waals surface area contributed by atoms with Crippen molar-refractivity contribution >= 4 is 0 Å². The fourth-order valence-electron chi connectivity index (χ4n) is 2.24. The Morgan fingerprint density at radius 1 is 1.33 bits per heavy atom. The second-order valence-corrected chi connectivity index (χ2v) is 4.75. The molecule has 3 nitrogen and oxygen atoms in total. The summed E-state index contributed by atoms with van der Waals surface area (Å²) in [6, 6.07) is 6.08. The highest BCUT2D eigenvalue weighted by Gasteiger charge is 2.16. The molecule has 0 radical (unpaired) electrons. The average molecular weight is 253 g/mol. The topological polar surface area (TPSA) is 32.7 Å². The van der Waals surface area contributed by atoms with Gasteiger partial charge in [0.05, 0.1) is 12.7 Å². The van der Waals surface area contributed by atoms with E-state index in [4.69, 9.17) is 4.74 Å². The maximum Gasteiger partial charge on any atom is 0.123 e. The van der Waals surface area contributed by atoms with Crippen LogP contribution in [0.3, 0.4) is 0 Å². The smallest absolute Gasteiger partial charge is 0.123 e. The summed E-state index contributed by atoms with van der Waals surface area (Å²) in [6.07, 6.45) is 2.74. The molecule has 0 saturated carbocycles. The van der Waals surface area contributed by atoms with Crippen LogP contribution in [0.15, 0.2) is 24.3 Å². The number of ether oxygens (including phenoxy) is 1. The summed E-state index contributed by atoms with van der Waals surface area (Å²) in [6.45, 7) is 3.40. The van der Waals surface area contributed by atoms with Crippen molar-refractivity contribution in [2.45, 2.75) is 25.4 Å². The Morgan fingerprint density at radius 2 is 2.11 bits per heavy atom. The molecule has 0 aliphatic carbocycles. The van der Waals surface area contributed by atoms with Gasteiger partial charge >= 0.3 is 0 Å². The molecule has 1 aromatic rings. The van der Waals surface area contributed by atoms with Crippen molar-refractivity contribution in [3.63, 3.8) is 0 Å². The molecule has 1 aliphatic rings. The first-order valence-electron chi connectivity index (χ1n) is 6.53. The zero-order valence-corrected chi connectivity index (χ0v) is 10.5. The lowest BCUT2D eigenvalue weighted by atomic mass is 10.1. The molecule has 1 N–H and O–H groups in total. The first-order valence-corrected chi connectivity index (χ1v) is 6.53. The van der Waals surface area contributed by atoms with Crippen molar-refractivity contribution in [1.82, 2.24) is 4.90 Å². The number of hydrogen-bond donors (Lipinski definition) is 1. The van der Waals surface area contributed by atoms with E-state index in [9.17, 15) is 9.50 Å². The minimum Gasteiger partial charge on any atom is -0.494 e. The highest BCUT2D eigenvalue weighted by Crippen LogP contribution is 2.12. The van der Waals surface area contributed by atoms with Crippen LogP contribution < -0.4 is 4.74 Å². The SMILES string of the molecule is OC1CCCN(CCCOc2ccc(F)cc2)C1. The van der Waals surface area contributed by atoms with Gasteiger partial charge in [0.1, 0.15) is 11.6 Å². The minimum absolute atomic E-state index is 0.170. The van der Waals surface area contributed by atoms with Crippen LogP contribution in [0.4, 0.5) is 4.39 Å². The highest BCUT2D eigenvalue weighted by molar-refractivity contribution is 5.21. The van der Waals surface area contributed by atoms with Gasteiger partial charge in [0.2, 0.25) is 0 Å². The predicted molar refractivity (Wildman–Crippen MR) is 68.2 cm³/mol. The first-order chi connectivity index (χ1) is 8.74. The molecule has 0 spiro atoms. The Labute approximate surface area is 107 Å². The molecule has 0 aromatic heterocycles. The summed E-state index contributed by atoms with van der Waals surface area (Å²) in [7, 11) is 0. The number of nitrogens with zero attached hydrogens (tertiary/aromatic N) is 1. The van der Waals surface area contributed by atoms with Crippen molar-refractivity contribution in [2.24, 2.45) is 0 Å². The van der Waals surface area contributed by atoms with E-state index in [0.29, 0.717) is 12.4 Å². The highest BCUT2D eigenvalue weighted by atomic mass is 19.1. The molecular weight excluding hydrogens is 233 g/mol. The molecule has 1 atom stereocenters. The zero-order valence-electron chi connectivity index (χ0n) is 10.5. The van der Waals surface area contributed by atoms with Gasteiger partial charge in [-0.1, -0.05) is 0 Å². The molecule has 1 aromatic carbocycles. The van der Waals surface area contributed by atoms with Crippen LogP contribution in [0.25, 0.3) is 0 Å². The Kier molecular flexibility index (Phi) is 4.96. The van der Waals surface area contributed by atoms with E-state index in [1.807, 2.05) is 0 Å². The van der Waals surface area contributed by atoms with Gasteiger partial charge in [-0.25, -0.2) is 4.39 Å². The number of rotatable bonds is 5. The zero-order chi connectivity index (χ0) is 12.8. The third-order valence-corrected chi connectivity index (χ3v) is 3.18. The number of β-amino-alcohol motifs (C(OH)–C–C–N with tert-alkyl or cyclic N) is 1. The molecule has 1 heterocycles. The predicted octanol–water partition coefficient (Wildman–Crippen LogP) is 2.05.